The fourth-order valence-electron chi connectivity index (χ4n) is 13.8. The van der Waals surface area contributed by atoms with Crippen LogP contribution in [0.3, 0.4) is 0 Å². The van der Waals surface area contributed by atoms with Crippen molar-refractivity contribution in [1.29, 1.82) is 0 Å². The van der Waals surface area contributed by atoms with E-state index >= 15 is 0 Å². The highest BCUT2D eigenvalue weighted by Gasteiger charge is 2.34. The van der Waals surface area contributed by atoms with E-state index < -0.39 is 0 Å². The maximum Gasteiger partial charge on any atom is 0.137 e. The molecular weight excluding hydrogens is 1140 g/mol. The predicted molar refractivity (Wildman–Crippen MR) is 398 cm³/mol. The molecule has 0 fully saturated rings. The van der Waals surface area contributed by atoms with Crippen molar-refractivity contribution in [2.24, 2.45) is 0 Å². The molecule has 1 aliphatic rings. The zero-order valence-electron chi connectivity index (χ0n) is 57.9. The van der Waals surface area contributed by atoms with Crippen LogP contribution in [0.1, 0.15) is 182 Å². The normalized spacial score (nSPS) is 13.5. The van der Waals surface area contributed by atoms with Crippen molar-refractivity contribution in [3.8, 4) is 50.7 Å². The maximum absolute atomic E-state index is 7.49. The lowest BCUT2D eigenvalue weighted by molar-refractivity contribution is 0.483. The Labute approximate surface area is 551 Å². The number of para-hydroxylation sites is 3. The largest absolute Gasteiger partial charge is 0.457 e. The van der Waals surface area contributed by atoms with Crippen molar-refractivity contribution in [1.82, 2.24) is 9.55 Å². The number of anilines is 4. The number of fused-ring (bicyclic) bond motifs is 8. The number of thiophene rings is 1. The Hall–Kier alpha value is -8.45. The van der Waals surface area contributed by atoms with Crippen LogP contribution in [0.5, 0.6) is 11.5 Å². The first-order valence-electron chi connectivity index (χ1n) is 33.3. The molecule has 0 atom stereocenters. The van der Waals surface area contributed by atoms with Crippen LogP contribution in [0.25, 0.3) is 81.2 Å². The second-order valence-electron chi connectivity index (χ2n) is 31.8. The average Bonchev–Trinajstić information content (AvgIpc) is 1.55. The van der Waals surface area contributed by atoms with Crippen molar-refractivity contribution >= 4 is 76.1 Å². The first kappa shape index (κ1) is 62.4. The number of benzene rings is 9. The third kappa shape index (κ3) is 11.4. The Morgan fingerprint density at radius 2 is 0.957 bits per heavy atom. The van der Waals surface area contributed by atoms with Gasteiger partial charge in [0.25, 0.3) is 0 Å². The van der Waals surface area contributed by atoms with Gasteiger partial charge in [0.1, 0.15) is 24.0 Å². The minimum Gasteiger partial charge on any atom is -0.457 e. The predicted octanol–water partition coefficient (Wildman–Crippen LogP) is 25.3. The van der Waals surface area contributed by atoms with Crippen LogP contribution in [-0.4, -0.2) is 16.2 Å². The molecule has 0 spiro atoms. The summed E-state index contributed by atoms with van der Waals surface area (Å²) in [7, 11) is 0. The smallest absolute Gasteiger partial charge is 0.137 e. The Balaban J connectivity index is 1.03. The second kappa shape index (κ2) is 22.7. The van der Waals surface area contributed by atoms with Gasteiger partial charge in [-0.05, 0) is 161 Å². The lowest BCUT2D eigenvalue weighted by Crippen LogP contribution is -2.25. The third-order valence-electron chi connectivity index (χ3n) is 19.2. The Morgan fingerprint density at radius 1 is 0.424 bits per heavy atom. The summed E-state index contributed by atoms with van der Waals surface area (Å²) in [4.78, 5) is 10.3. The van der Waals surface area contributed by atoms with Crippen LogP contribution in [0, 0.1) is 0 Å². The van der Waals surface area contributed by atoms with Gasteiger partial charge in [-0.3, -0.25) is 4.57 Å². The molecule has 0 saturated heterocycles. The molecule has 0 unspecified atom stereocenters. The number of rotatable bonds is 10. The summed E-state index contributed by atoms with van der Waals surface area (Å²) in [6.45, 7) is 44.8. The molecule has 9 aromatic carbocycles. The van der Waals surface area contributed by atoms with Gasteiger partial charge in [0.05, 0.1) is 28.1 Å². The molecule has 4 heterocycles. The highest BCUT2D eigenvalue weighted by atomic mass is 32.1. The summed E-state index contributed by atoms with van der Waals surface area (Å²) in [5.74, 6) is 2.98. The highest BCUT2D eigenvalue weighted by molar-refractivity contribution is 7.26. The summed E-state index contributed by atoms with van der Waals surface area (Å²) in [6, 6.07) is 69.3. The molecule has 468 valence electrons. The van der Waals surface area contributed by atoms with Crippen LogP contribution in [-0.2, 0) is 27.1 Å². The van der Waals surface area contributed by atoms with Crippen LogP contribution in [0.4, 0.5) is 22.7 Å². The van der Waals surface area contributed by atoms with Gasteiger partial charge in [0.2, 0.25) is 0 Å². The first-order valence-corrected chi connectivity index (χ1v) is 34.1. The highest BCUT2D eigenvalue weighted by Crippen LogP contribution is 2.54. The van der Waals surface area contributed by atoms with Gasteiger partial charge in [0.15, 0.2) is 0 Å². The van der Waals surface area contributed by atoms with Gasteiger partial charge in [-0.15, -0.1) is 11.3 Å². The van der Waals surface area contributed by atoms with Gasteiger partial charge >= 0.3 is 0 Å². The molecule has 0 amide bonds. The van der Waals surface area contributed by atoms with Gasteiger partial charge in [-0.2, -0.15) is 0 Å². The molecule has 6 heteroatoms. The van der Waals surface area contributed by atoms with Crippen molar-refractivity contribution in [2.75, 3.05) is 16.5 Å². The quantitative estimate of drug-likeness (QED) is 0.137. The van der Waals surface area contributed by atoms with Crippen molar-refractivity contribution < 1.29 is 4.74 Å². The van der Waals surface area contributed by atoms with E-state index in [1.165, 1.54) is 103 Å². The Kier molecular flexibility index (Phi) is 15.4. The van der Waals surface area contributed by atoms with E-state index in [2.05, 4.69) is 328 Å². The van der Waals surface area contributed by atoms with Crippen LogP contribution in [0.2, 0.25) is 0 Å². The summed E-state index contributed by atoms with van der Waals surface area (Å²) in [6.07, 6.45) is 1.97. The molecular formula is C86H92N4OS. The van der Waals surface area contributed by atoms with E-state index in [0.29, 0.717) is 6.67 Å². The standard InChI is InChI=1S/C86H92N4OS/c1-52(2)65-27-24-28-66(53(3)4)78(65)56-44-62(49-64(45-56)91-63-34-35-71-75(50-63)90(77-48-57(38-39-87-77)82(5,6)7)74-37-36-70-69-26-20-23-33-76(69)92-81(70)79(71)74)88-51-89(73-32-22-21-31-72(73)88)80-67(54-40-58(83(8,9)10)46-59(41-54)84(11,12)13)29-25-30-68(80)55-42-60(85(14,15)16)47-61(43-55)86(17,18)19/h20-50,52-53H,51H2,1-19H3. The molecule has 13 rings (SSSR count). The zero-order chi connectivity index (χ0) is 65.3. The van der Waals surface area contributed by atoms with E-state index in [9.17, 15) is 0 Å². The summed E-state index contributed by atoms with van der Waals surface area (Å²) < 4.78 is 12.4. The van der Waals surface area contributed by atoms with E-state index in [1.54, 1.807) is 0 Å². The fourth-order valence-corrected chi connectivity index (χ4v) is 15.0. The lowest BCUT2D eigenvalue weighted by Gasteiger charge is -2.31. The molecule has 0 aliphatic carbocycles. The van der Waals surface area contributed by atoms with E-state index in [-0.39, 0.29) is 38.9 Å². The van der Waals surface area contributed by atoms with E-state index in [1.807, 2.05) is 17.5 Å². The molecule has 0 bridgehead atoms. The van der Waals surface area contributed by atoms with Crippen LogP contribution in [0.15, 0.2) is 188 Å². The molecule has 92 heavy (non-hydrogen) atoms. The number of nitrogens with zero attached hydrogens (tertiary/aromatic N) is 4. The first-order chi connectivity index (χ1) is 43.4. The van der Waals surface area contributed by atoms with Gasteiger partial charge < -0.3 is 14.5 Å². The zero-order valence-corrected chi connectivity index (χ0v) is 58.7. The van der Waals surface area contributed by atoms with E-state index in [4.69, 9.17) is 9.72 Å². The topological polar surface area (TPSA) is 33.5 Å². The van der Waals surface area contributed by atoms with E-state index in [0.717, 1.165) is 51.0 Å². The fraction of sp³-hybridized carbons (Fsp3) is 0.314. The van der Waals surface area contributed by atoms with Crippen LogP contribution < -0.4 is 14.5 Å². The molecule has 12 aromatic rings. The van der Waals surface area contributed by atoms with Gasteiger partial charge in [-0.1, -0.05) is 241 Å². The minimum atomic E-state index is -0.0757. The Morgan fingerprint density at radius 3 is 1.52 bits per heavy atom. The van der Waals surface area contributed by atoms with Crippen molar-refractivity contribution in [3.05, 3.63) is 227 Å². The van der Waals surface area contributed by atoms with Crippen molar-refractivity contribution in [2.45, 2.75) is 170 Å². The summed E-state index contributed by atoms with van der Waals surface area (Å²) in [5.41, 5.74) is 22.8. The summed E-state index contributed by atoms with van der Waals surface area (Å²) in [5, 5.41) is 4.96. The molecule has 5 nitrogen and oxygen atoms in total. The van der Waals surface area contributed by atoms with Crippen molar-refractivity contribution in [3.63, 3.8) is 0 Å². The molecule has 1 aliphatic heterocycles. The average molecular weight is 1230 g/mol. The maximum atomic E-state index is 7.49. The van der Waals surface area contributed by atoms with Gasteiger partial charge in [-0.25, -0.2) is 4.98 Å². The van der Waals surface area contributed by atoms with Crippen LogP contribution >= 0.6 is 11.3 Å². The minimum absolute atomic E-state index is 0.0726. The molecule has 3 aromatic heterocycles. The SMILES string of the molecule is CC(C)c1cccc(C(C)C)c1-c1cc(Oc2ccc3c4c5sc6ccccc6c5ccc4n(-c4cc(C(C)(C)C)ccn4)c3c2)cc(N2CN(c3c(-c4cc(C(C)(C)C)cc(C(C)(C)C)c4)cccc3-c3cc(C(C)(C)C)cc(C(C)(C)C)c3)c3ccccc32)c1. The number of pyridine rings is 1. The summed E-state index contributed by atoms with van der Waals surface area (Å²) >= 11 is 1.87. The molecule has 0 radical (unpaired) electrons. The number of hydrogen-bond acceptors (Lipinski definition) is 5. The number of ether oxygens (including phenoxy) is 1. The molecule has 0 N–H and O–H groups in total. The monoisotopic (exact) mass is 1230 g/mol. The second-order valence-corrected chi connectivity index (χ2v) is 32.9. The van der Waals surface area contributed by atoms with Gasteiger partial charge in [0, 0.05) is 66.1 Å². The number of aromatic nitrogens is 2. The molecule has 0 saturated carbocycles. The lowest BCUT2D eigenvalue weighted by atomic mass is 9.77. The Bertz CT molecular complexity index is 4670. The number of hydrogen-bond donors (Lipinski definition) is 0. The third-order valence-corrected chi connectivity index (χ3v) is 20.4.